The van der Waals surface area contributed by atoms with Gasteiger partial charge in [0.25, 0.3) is 0 Å². The van der Waals surface area contributed by atoms with E-state index in [2.05, 4.69) is 31.1 Å². The second-order valence-electron chi connectivity index (χ2n) is 5.94. The Balaban J connectivity index is 1.66. The Hall–Kier alpha value is -1.27. The summed E-state index contributed by atoms with van der Waals surface area (Å²) in [6, 6.07) is 7.75. The van der Waals surface area contributed by atoms with Crippen molar-refractivity contribution in [3.63, 3.8) is 0 Å². The number of alkyl halides is 1. The van der Waals surface area contributed by atoms with Crippen LogP contribution in [0.1, 0.15) is 18.5 Å². The van der Waals surface area contributed by atoms with Gasteiger partial charge in [0.05, 0.1) is 11.9 Å². The first-order chi connectivity index (χ1) is 10.1. The minimum absolute atomic E-state index is 0.0811. The van der Waals surface area contributed by atoms with Crippen molar-refractivity contribution in [3.05, 3.63) is 40.6 Å². The Labute approximate surface area is 131 Å². The maximum Gasteiger partial charge on any atom is 0.171 e. The smallest absolute Gasteiger partial charge is 0.171 e. The molecule has 0 spiro atoms. The zero-order chi connectivity index (χ0) is 14.4. The van der Waals surface area contributed by atoms with Gasteiger partial charge in [0.2, 0.25) is 0 Å². The molecule has 4 heterocycles. The van der Waals surface area contributed by atoms with E-state index < -0.39 is 5.67 Å². The molecule has 1 atom stereocenters. The molecule has 2 aromatic rings. The molecule has 1 aromatic heterocycles. The molecule has 6 heteroatoms. The monoisotopic (exact) mass is 349 g/mol. The third kappa shape index (κ3) is 2.21. The Morgan fingerprint density at radius 3 is 2.52 bits per heavy atom. The second kappa shape index (κ2) is 4.88. The molecule has 0 amide bonds. The van der Waals surface area contributed by atoms with E-state index in [1.807, 2.05) is 24.3 Å². The SMILES string of the molecule is [18F]C1(c2cn(-c3ccc(Br)cc3)nn2)CN2CCC1CC2. The third-order valence-corrected chi connectivity index (χ3v) is 5.23. The number of fused-ring (bicyclic) bond motifs is 3. The van der Waals surface area contributed by atoms with Crippen LogP contribution in [0.15, 0.2) is 34.9 Å². The summed E-state index contributed by atoms with van der Waals surface area (Å²) in [6.45, 7) is 2.48. The summed E-state index contributed by atoms with van der Waals surface area (Å²) in [6.07, 6.45) is 3.58. The lowest BCUT2D eigenvalue weighted by atomic mass is 9.75. The molecule has 4 nitrogen and oxygen atoms in total. The minimum Gasteiger partial charge on any atom is -0.300 e. The van der Waals surface area contributed by atoms with Crippen LogP contribution >= 0.6 is 15.9 Å². The van der Waals surface area contributed by atoms with Gasteiger partial charge in [-0.3, -0.25) is 4.90 Å². The quantitative estimate of drug-likeness (QED) is 0.835. The van der Waals surface area contributed by atoms with Crippen LogP contribution in [0.2, 0.25) is 0 Å². The number of rotatable bonds is 2. The Morgan fingerprint density at radius 2 is 1.90 bits per heavy atom. The standard InChI is InChI=1S/C15H16BrFN4/c16-12-1-3-13(4-2-12)21-9-14(18-19-21)15(17)10-20-7-5-11(15)6-8-20/h1-4,9,11H,5-8,10H2/i17-1. The summed E-state index contributed by atoms with van der Waals surface area (Å²) in [4.78, 5) is 2.19. The number of hydrogen-bond acceptors (Lipinski definition) is 3. The van der Waals surface area contributed by atoms with E-state index in [1.54, 1.807) is 10.9 Å². The topological polar surface area (TPSA) is 34.0 Å². The molecular formula is C15H16BrFN4. The molecule has 3 fully saturated rings. The molecule has 3 aliphatic heterocycles. The zero-order valence-corrected chi connectivity index (χ0v) is 13.1. The van der Waals surface area contributed by atoms with Gasteiger partial charge in [-0.05, 0) is 50.2 Å². The van der Waals surface area contributed by atoms with Crippen LogP contribution in [0.5, 0.6) is 0 Å². The van der Waals surface area contributed by atoms with E-state index in [9.17, 15) is 0 Å². The first-order valence-corrected chi connectivity index (χ1v) is 8.04. The first-order valence-electron chi connectivity index (χ1n) is 7.25. The van der Waals surface area contributed by atoms with E-state index >= 15 is 4.39 Å². The molecule has 0 aliphatic carbocycles. The van der Waals surface area contributed by atoms with Gasteiger partial charge in [-0.15, -0.1) is 5.10 Å². The van der Waals surface area contributed by atoms with Crippen LogP contribution in [0, 0.1) is 5.92 Å². The number of piperidine rings is 3. The number of benzene rings is 1. The van der Waals surface area contributed by atoms with E-state index in [0.717, 1.165) is 36.1 Å². The molecule has 3 saturated heterocycles. The van der Waals surface area contributed by atoms with Gasteiger partial charge >= 0.3 is 0 Å². The van der Waals surface area contributed by atoms with Gasteiger partial charge in [0, 0.05) is 16.9 Å². The number of nitrogens with zero attached hydrogens (tertiary/aromatic N) is 4. The molecular weight excluding hydrogens is 334 g/mol. The van der Waals surface area contributed by atoms with Gasteiger partial charge in [-0.25, -0.2) is 9.07 Å². The molecule has 1 unspecified atom stereocenters. The predicted molar refractivity (Wildman–Crippen MR) is 81.0 cm³/mol. The van der Waals surface area contributed by atoms with Crippen LogP contribution in [0.4, 0.5) is 4.39 Å². The summed E-state index contributed by atoms with van der Waals surface area (Å²) < 4.78 is 18.1. The van der Waals surface area contributed by atoms with E-state index in [1.165, 1.54) is 0 Å². The lowest BCUT2D eigenvalue weighted by molar-refractivity contribution is -0.0615. The van der Waals surface area contributed by atoms with Crippen molar-refractivity contribution in [2.75, 3.05) is 19.6 Å². The van der Waals surface area contributed by atoms with Crippen molar-refractivity contribution < 1.29 is 4.39 Å². The van der Waals surface area contributed by atoms with Crippen LogP contribution in [-0.4, -0.2) is 39.5 Å². The molecule has 0 radical (unpaired) electrons. The van der Waals surface area contributed by atoms with Crippen molar-refractivity contribution in [2.45, 2.75) is 18.5 Å². The fourth-order valence-corrected chi connectivity index (χ4v) is 3.73. The molecule has 0 N–H and O–H groups in total. The number of aromatic nitrogens is 3. The normalized spacial score (nSPS) is 31.5. The van der Waals surface area contributed by atoms with E-state index in [-0.39, 0.29) is 5.92 Å². The van der Waals surface area contributed by atoms with Crippen LogP contribution in [0.25, 0.3) is 5.69 Å². The third-order valence-electron chi connectivity index (χ3n) is 4.70. The summed E-state index contributed by atoms with van der Waals surface area (Å²) in [7, 11) is 0. The van der Waals surface area contributed by atoms with Crippen molar-refractivity contribution in [1.29, 1.82) is 0 Å². The van der Waals surface area contributed by atoms with Crippen molar-refractivity contribution in [3.8, 4) is 5.69 Å². The van der Waals surface area contributed by atoms with Crippen LogP contribution in [0.3, 0.4) is 0 Å². The van der Waals surface area contributed by atoms with Crippen LogP contribution < -0.4 is 0 Å². The molecule has 5 rings (SSSR count). The lowest BCUT2D eigenvalue weighted by Gasteiger charge is -2.47. The number of hydrogen-bond donors (Lipinski definition) is 0. The van der Waals surface area contributed by atoms with Crippen molar-refractivity contribution in [2.24, 2.45) is 5.92 Å². The van der Waals surface area contributed by atoms with Crippen molar-refractivity contribution >= 4 is 15.9 Å². The first kappa shape index (κ1) is 13.4. The van der Waals surface area contributed by atoms with Gasteiger partial charge in [-0.2, -0.15) is 0 Å². The Kier molecular flexibility index (Phi) is 3.11. The molecule has 1 aromatic carbocycles. The second-order valence-corrected chi connectivity index (χ2v) is 6.85. The fraction of sp³-hybridized carbons (Fsp3) is 0.467. The summed E-state index contributed by atoms with van der Waals surface area (Å²) in [5, 5.41) is 8.24. The predicted octanol–water partition coefficient (Wildman–Crippen LogP) is 2.92. The largest absolute Gasteiger partial charge is 0.300 e. The maximum absolute atomic E-state index is 15.4. The summed E-state index contributed by atoms with van der Waals surface area (Å²) >= 11 is 3.41. The molecule has 0 saturated carbocycles. The van der Waals surface area contributed by atoms with Gasteiger partial charge < -0.3 is 0 Å². The lowest BCUT2D eigenvalue weighted by Crippen LogP contribution is -2.55. The highest BCUT2D eigenvalue weighted by atomic mass is 79.9. The minimum atomic E-state index is -1.34. The molecule has 2 bridgehead atoms. The molecule has 110 valence electrons. The highest BCUT2D eigenvalue weighted by Crippen LogP contribution is 2.44. The average molecular weight is 350 g/mol. The summed E-state index contributed by atoms with van der Waals surface area (Å²) in [5.74, 6) is 0.0811. The van der Waals surface area contributed by atoms with Gasteiger partial charge in [0.15, 0.2) is 5.67 Å². The van der Waals surface area contributed by atoms with E-state index in [4.69, 9.17) is 0 Å². The molecule has 3 aliphatic rings. The molecule has 21 heavy (non-hydrogen) atoms. The van der Waals surface area contributed by atoms with Gasteiger partial charge in [0.1, 0.15) is 5.69 Å². The van der Waals surface area contributed by atoms with Crippen molar-refractivity contribution in [1.82, 2.24) is 19.9 Å². The zero-order valence-electron chi connectivity index (χ0n) is 11.5. The maximum atomic E-state index is 15.4. The van der Waals surface area contributed by atoms with Gasteiger partial charge in [-0.1, -0.05) is 21.1 Å². The summed E-state index contributed by atoms with van der Waals surface area (Å²) in [5.41, 5.74) is 0.0195. The average Bonchev–Trinajstić information content (AvgIpc) is 2.99. The van der Waals surface area contributed by atoms with E-state index in [0.29, 0.717) is 12.2 Å². The highest BCUT2D eigenvalue weighted by Gasteiger charge is 2.50. The van der Waals surface area contributed by atoms with Crippen LogP contribution in [-0.2, 0) is 5.67 Å². The fourth-order valence-electron chi connectivity index (χ4n) is 3.47. The Bertz CT molecular complexity index is 648. The highest BCUT2D eigenvalue weighted by molar-refractivity contribution is 9.10. The Morgan fingerprint density at radius 1 is 1.19 bits per heavy atom. The number of halogens is 2.